The molecule has 0 spiro atoms. The number of esters is 1. The molecule has 0 aliphatic rings. The normalized spacial score (nSPS) is 12.5. The first kappa shape index (κ1) is 22.3. The van der Waals surface area contributed by atoms with Gasteiger partial charge in [0.25, 0.3) is 5.91 Å². The molecule has 0 aromatic heterocycles. The zero-order chi connectivity index (χ0) is 22.5. The third-order valence-electron chi connectivity index (χ3n) is 5.14. The number of oxime groups is 1. The monoisotopic (exact) mass is 438 g/mol. The number of amides is 1. The van der Waals surface area contributed by atoms with E-state index in [4.69, 9.17) is 16.3 Å². The van der Waals surface area contributed by atoms with Crippen molar-refractivity contribution in [3.63, 3.8) is 0 Å². The lowest BCUT2D eigenvalue weighted by Crippen LogP contribution is -2.48. The Kier molecular flexibility index (Phi) is 6.92. The average Bonchev–Trinajstić information content (AvgIpc) is 2.79. The summed E-state index contributed by atoms with van der Waals surface area (Å²) in [6.45, 7) is 3.45. The van der Waals surface area contributed by atoms with Gasteiger partial charge in [0, 0.05) is 16.8 Å². The van der Waals surface area contributed by atoms with Crippen LogP contribution in [0.2, 0.25) is 5.02 Å². The minimum atomic E-state index is -0.941. The summed E-state index contributed by atoms with van der Waals surface area (Å²) in [5.74, 6) is -1.17. The summed E-state index contributed by atoms with van der Waals surface area (Å²) >= 11 is 5.93. The van der Waals surface area contributed by atoms with E-state index in [-0.39, 0.29) is 12.1 Å². The van der Waals surface area contributed by atoms with E-state index in [9.17, 15) is 14.8 Å². The predicted octanol–water partition coefficient (Wildman–Crippen LogP) is 4.77. The summed E-state index contributed by atoms with van der Waals surface area (Å²) in [5.41, 5.74) is 2.00. The van der Waals surface area contributed by atoms with Gasteiger partial charge < -0.3 is 9.94 Å². The number of ether oxygens (including phenoxy) is 1. The Bertz CT molecular complexity index is 1140. The van der Waals surface area contributed by atoms with Crippen LogP contribution in [0.5, 0.6) is 0 Å². The molecule has 0 saturated heterocycles. The molecule has 160 valence electrons. The molecule has 0 saturated carbocycles. The summed E-state index contributed by atoms with van der Waals surface area (Å²) in [5, 5.41) is 15.2. The Morgan fingerprint density at radius 1 is 1.10 bits per heavy atom. The van der Waals surface area contributed by atoms with Crippen molar-refractivity contribution in [2.75, 3.05) is 12.0 Å². The first-order valence-electron chi connectivity index (χ1n) is 9.72. The molecular formula is C24H23ClN2O4. The van der Waals surface area contributed by atoms with Crippen molar-refractivity contribution >= 4 is 45.6 Å². The molecule has 0 aliphatic carbocycles. The van der Waals surface area contributed by atoms with Gasteiger partial charge in [0.2, 0.25) is 0 Å². The van der Waals surface area contributed by atoms with Crippen molar-refractivity contribution in [3.05, 3.63) is 76.8 Å². The molecule has 0 aliphatic heterocycles. The van der Waals surface area contributed by atoms with Crippen LogP contribution in [0.1, 0.15) is 18.1 Å². The summed E-state index contributed by atoms with van der Waals surface area (Å²) < 4.78 is 4.91. The highest BCUT2D eigenvalue weighted by Crippen LogP contribution is 2.32. The van der Waals surface area contributed by atoms with E-state index in [1.165, 1.54) is 12.0 Å². The number of benzene rings is 3. The summed E-state index contributed by atoms with van der Waals surface area (Å²) in [6, 6.07) is 17.4. The van der Waals surface area contributed by atoms with E-state index >= 15 is 0 Å². The number of carbonyl (C=O) groups excluding carboxylic acids is 2. The molecule has 1 unspecified atom stereocenters. The number of halogens is 1. The molecule has 7 heteroatoms. The van der Waals surface area contributed by atoms with Gasteiger partial charge in [-0.15, -0.1) is 0 Å². The van der Waals surface area contributed by atoms with Crippen molar-refractivity contribution in [1.29, 1.82) is 0 Å². The highest BCUT2D eigenvalue weighted by Gasteiger charge is 2.33. The first-order valence-corrected chi connectivity index (χ1v) is 10.1. The van der Waals surface area contributed by atoms with Crippen LogP contribution in [0.4, 0.5) is 5.69 Å². The third kappa shape index (κ3) is 4.70. The van der Waals surface area contributed by atoms with Crippen molar-refractivity contribution in [2.24, 2.45) is 5.16 Å². The van der Waals surface area contributed by atoms with Crippen molar-refractivity contribution in [2.45, 2.75) is 26.3 Å². The Balaban J connectivity index is 2.11. The topological polar surface area (TPSA) is 79.2 Å². The Morgan fingerprint density at radius 2 is 1.77 bits per heavy atom. The predicted molar refractivity (Wildman–Crippen MR) is 122 cm³/mol. The Labute approximate surface area is 185 Å². The van der Waals surface area contributed by atoms with Gasteiger partial charge >= 0.3 is 5.97 Å². The van der Waals surface area contributed by atoms with Gasteiger partial charge in [0.05, 0.1) is 12.8 Å². The maximum absolute atomic E-state index is 13.6. The molecular weight excluding hydrogens is 416 g/mol. The second-order valence-electron chi connectivity index (χ2n) is 7.18. The average molecular weight is 439 g/mol. The van der Waals surface area contributed by atoms with E-state index in [0.29, 0.717) is 10.7 Å². The Hall–Kier alpha value is -3.38. The van der Waals surface area contributed by atoms with Crippen LogP contribution < -0.4 is 4.90 Å². The highest BCUT2D eigenvalue weighted by atomic mass is 35.5. The van der Waals surface area contributed by atoms with Gasteiger partial charge in [-0.05, 0) is 42.5 Å². The lowest BCUT2D eigenvalue weighted by molar-refractivity contribution is -0.142. The molecule has 6 nitrogen and oxygen atoms in total. The van der Waals surface area contributed by atoms with Gasteiger partial charge in [-0.1, -0.05) is 65.3 Å². The second kappa shape index (κ2) is 9.62. The minimum Gasteiger partial charge on any atom is -0.467 e. The van der Waals surface area contributed by atoms with Gasteiger partial charge in [0.15, 0.2) is 0 Å². The van der Waals surface area contributed by atoms with Crippen LogP contribution in [0, 0.1) is 6.92 Å². The molecule has 1 N–H and O–H groups in total. The van der Waals surface area contributed by atoms with Crippen LogP contribution in [0.3, 0.4) is 0 Å². The van der Waals surface area contributed by atoms with E-state index in [1.807, 2.05) is 43.3 Å². The molecule has 3 rings (SSSR count). The lowest BCUT2D eigenvalue weighted by Gasteiger charge is -2.30. The number of nitrogens with zero attached hydrogens (tertiary/aromatic N) is 2. The fourth-order valence-corrected chi connectivity index (χ4v) is 3.65. The van der Waals surface area contributed by atoms with Crippen LogP contribution in [-0.2, 0) is 20.7 Å². The SMILES string of the molecule is COC(=O)C(C)N(C(=O)C(Cc1ccc(Cl)cc1)=NO)c1c(C)ccc2ccccc12. The smallest absolute Gasteiger partial charge is 0.328 e. The number of hydrogen-bond acceptors (Lipinski definition) is 5. The van der Waals surface area contributed by atoms with Crippen molar-refractivity contribution in [1.82, 2.24) is 0 Å². The van der Waals surface area contributed by atoms with E-state index in [2.05, 4.69) is 5.16 Å². The van der Waals surface area contributed by atoms with E-state index in [0.717, 1.165) is 21.9 Å². The number of fused-ring (bicyclic) bond motifs is 1. The molecule has 0 fully saturated rings. The molecule has 0 heterocycles. The van der Waals surface area contributed by atoms with E-state index in [1.54, 1.807) is 31.2 Å². The highest BCUT2D eigenvalue weighted by molar-refractivity contribution is 6.45. The second-order valence-corrected chi connectivity index (χ2v) is 7.61. The summed E-state index contributed by atoms with van der Waals surface area (Å²) in [7, 11) is 1.27. The first-order chi connectivity index (χ1) is 14.9. The number of carbonyl (C=O) groups is 2. The third-order valence-corrected chi connectivity index (χ3v) is 5.40. The van der Waals surface area contributed by atoms with Crippen molar-refractivity contribution < 1.29 is 19.5 Å². The van der Waals surface area contributed by atoms with Crippen LogP contribution >= 0.6 is 11.6 Å². The largest absolute Gasteiger partial charge is 0.467 e. The van der Waals surface area contributed by atoms with Gasteiger partial charge in [-0.2, -0.15) is 0 Å². The summed E-state index contributed by atoms with van der Waals surface area (Å²) in [6.07, 6.45) is 0.0701. The Morgan fingerprint density at radius 3 is 2.42 bits per heavy atom. The van der Waals surface area contributed by atoms with Crippen LogP contribution in [-0.4, -0.2) is 35.9 Å². The minimum absolute atomic E-state index is 0.0701. The molecule has 3 aromatic rings. The molecule has 31 heavy (non-hydrogen) atoms. The zero-order valence-corrected chi connectivity index (χ0v) is 18.3. The molecule has 3 aromatic carbocycles. The number of rotatable bonds is 6. The van der Waals surface area contributed by atoms with Gasteiger partial charge in [-0.3, -0.25) is 9.69 Å². The number of hydrogen-bond donors (Lipinski definition) is 1. The van der Waals surface area contributed by atoms with Crippen LogP contribution in [0.15, 0.2) is 65.8 Å². The maximum Gasteiger partial charge on any atom is 0.328 e. The fraction of sp³-hybridized carbons (Fsp3) is 0.208. The quantitative estimate of drug-likeness (QED) is 0.260. The van der Waals surface area contributed by atoms with Crippen LogP contribution in [0.25, 0.3) is 10.8 Å². The standard InChI is InChI=1S/C24H23ClN2O4/c1-15-8-11-18-6-4-5-7-20(18)22(15)27(16(2)24(29)31-3)23(28)21(26-30)14-17-9-12-19(25)13-10-17/h4-13,16,30H,14H2,1-3H3. The molecule has 0 radical (unpaired) electrons. The number of methoxy groups -OCH3 is 1. The fourth-order valence-electron chi connectivity index (χ4n) is 3.52. The lowest BCUT2D eigenvalue weighted by atomic mass is 10.0. The molecule has 1 amide bonds. The number of aryl methyl sites for hydroxylation is 1. The zero-order valence-electron chi connectivity index (χ0n) is 17.5. The van der Waals surface area contributed by atoms with Gasteiger partial charge in [0.1, 0.15) is 11.8 Å². The number of anilines is 1. The molecule has 0 bridgehead atoms. The summed E-state index contributed by atoms with van der Waals surface area (Å²) in [4.78, 5) is 27.4. The van der Waals surface area contributed by atoms with Crippen molar-refractivity contribution in [3.8, 4) is 0 Å². The maximum atomic E-state index is 13.6. The van der Waals surface area contributed by atoms with E-state index < -0.39 is 17.9 Å². The molecule has 1 atom stereocenters. The van der Waals surface area contributed by atoms with Gasteiger partial charge in [-0.25, -0.2) is 4.79 Å².